The first-order valence-electron chi connectivity index (χ1n) is 6.36. The summed E-state index contributed by atoms with van der Waals surface area (Å²) in [5, 5.41) is 10.5. The van der Waals surface area contributed by atoms with Crippen molar-refractivity contribution in [1.29, 1.82) is 0 Å². The number of hydrogen-bond donors (Lipinski definition) is 1. The lowest BCUT2D eigenvalue weighted by molar-refractivity contribution is 0.122. The summed E-state index contributed by atoms with van der Waals surface area (Å²) >= 11 is 0. The van der Waals surface area contributed by atoms with E-state index in [1.165, 1.54) is 5.56 Å². The summed E-state index contributed by atoms with van der Waals surface area (Å²) in [5.74, 6) is 0.787. The van der Waals surface area contributed by atoms with E-state index in [-0.39, 0.29) is 5.92 Å². The van der Waals surface area contributed by atoms with Crippen molar-refractivity contribution in [3.63, 3.8) is 0 Å². The van der Waals surface area contributed by atoms with Crippen LogP contribution in [0.4, 0.5) is 0 Å². The topological polar surface area (TPSA) is 50.9 Å². The van der Waals surface area contributed by atoms with Crippen molar-refractivity contribution in [2.75, 3.05) is 0 Å². The molecule has 1 N–H and O–H groups in total. The van der Waals surface area contributed by atoms with Gasteiger partial charge in [0.05, 0.1) is 0 Å². The molecule has 4 heteroatoms. The molecule has 0 saturated heterocycles. The standard InChI is InChI=1S/C14H17N3O/c1-17-9-8-16-14(17)13(18)11-6-2-4-10-5-3-7-15-12(10)11/h3,5,7-9,11,13,18H,2,4,6H2,1H3. The van der Waals surface area contributed by atoms with Crippen molar-refractivity contribution in [3.05, 3.63) is 47.8 Å². The number of imidazole rings is 1. The van der Waals surface area contributed by atoms with E-state index in [4.69, 9.17) is 0 Å². The molecule has 4 nitrogen and oxygen atoms in total. The van der Waals surface area contributed by atoms with Crippen LogP contribution in [0, 0.1) is 0 Å². The van der Waals surface area contributed by atoms with Gasteiger partial charge in [-0.1, -0.05) is 6.07 Å². The quantitative estimate of drug-likeness (QED) is 0.877. The van der Waals surface area contributed by atoms with Gasteiger partial charge in [0.15, 0.2) is 0 Å². The lowest BCUT2D eigenvalue weighted by Crippen LogP contribution is -2.20. The average Bonchev–Trinajstić information content (AvgIpc) is 2.83. The fourth-order valence-corrected chi connectivity index (χ4v) is 2.79. The third-order valence-electron chi connectivity index (χ3n) is 3.74. The highest BCUT2D eigenvalue weighted by molar-refractivity contribution is 5.27. The first kappa shape index (κ1) is 11.4. The molecule has 0 aromatic carbocycles. The van der Waals surface area contributed by atoms with Gasteiger partial charge in [-0.3, -0.25) is 4.98 Å². The fourth-order valence-electron chi connectivity index (χ4n) is 2.79. The predicted octanol–water partition coefficient (Wildman–Crippen LogP) is 1.97. The molecule has 0 amide bonds. The smallest absolute Gasteiger partial charge is 0.138 e. The summed E-state index contributed by atoms with van der Waals surface area (Å²) in [6.07, 6.45) is 7.96. The van der Waals surface area contributed by atoms with Crippen LogP contribution in [0.1, 0.15) is 41.9 Å². The second-order valence-corrected chi connectivity index (χ2v) is 4.89. The van der Waals surface area contributed by atoms with Crippen LogP contribution in [0.3, 0.4) is 0 Å². The molecule has 3 rings (SSSR count). The molecule has 1 aliphatic carbocycles. The molecule has 94 valence electrons. The van der Waals surface area contributed by atoms with Gasteiger partial charge in [-0.25, -0.2) is 4.98 Å². The van der Waals surface area contributed by atoms with E-state index in [0.717, 1.165) is 30.8 Å². The van der Waals surface area contributed by atoms with E-state index in [0.29, 0.717) is 0 Å². The molecule has 2 aromatic rings. The molecule has 2 aromatic heterocycles. The zero-order valence-electron chi connectivity index (χ0n) is 10.5. The summed E-state index contributed by atoms with van der Waals surface area (Å²) < 4.78 is 1.88. The minimum absolute atomic E-state index is 0.0658. The van der Waals surface area contributed by atoms with Crippen LogP contribution in [-0.2, 0) is 13.5 Å². The van der Waals surface area contributed by atoms with Crippen LogP contribution in [0.15, 0.2) is 30.7 Å². The van der Waals surface area contributed by atoms with Gasteiger partial charge in [-0.15, -0.1) is 0 Å². The molecule has 2 unspecified atom stereocenters. The first-order valence-corrected chi connectivity index (χ1v) is 6.36. The number of aliphatic hydroxyl groups is 1. The summed E-state index contributed by atoms with van der Waals surface area (Å²) in [6, 6.07) is 4.08. The van der Waals surface area contributed by atoms with Gasteiger partial charge in [0.25, 0.3) is 0 Å². The number of nitrogens with zero attached hydrogens (tertiary/aromatic N) is 3. The van der Waals surface area contributed by atoms with E-state index in [2.05, 4.69) is 16.0 Å². The Morgan fingerprint density at radius 2 is 2.28 bits per heavy atom. The third kappa shape index (κ3) is 1.82. The maximum Gasteiger partial charge on any atom is 0.138 e. The van der Waals surface area contributed by atoms with Gasteiger partial charge in [0.1, 0.15) is 11.9 Å². The van der Waals surface area contributed by atoms with Crippen molar-refractivity contribution < 1.29 is 5.11 Å². The van der Waals surface area contributed by atoms with E-state index in [9.17, 15) is 5.11 Å². The molecule has 0 spiro atoms. The third-order valence-corrected chi connectivity index (χ3v) is 3.74. The molecule has 2 heterocycles. The molecular weight excluding hydrogens is 226 g/mol. The number of aliphatic hydroxyl groups excluding tert-OH is 1. The predicted molar refractivity (Wildman–Crippen MR) is 68.1 cm³/mol. The number of fused-ring (bicyclic) bond motifs is 1. The van der Waals surface area contributed by atoms with Crippen molar-refractivity contribution in [2.24, 2.45) is 7.05 Å². The highest BCUT2D eigenvalue weighted by Crippen LogP contribution is 2.38. The Kier molecular flexibility index (Phi) is 2.88. The molecular formula is C14H17N3O. The number of pyridine rings is 1. The Labute approximate surface area is 106 Å². The van der Waals surface area contributed by atoms with Crippen molar-refractivity contribution >= 4 is 0 Å². The lowest BCUT2D eigenvalue weighted by atomic mass is 9.83. The van der Waals surface area contributed by atoms with Crippen LogP contribution < -0.4 is 0 Å². The number of aryl methyl sites for hydroxylation is 2. The maximum atomic E-state index is 10.5. The highest BCUT2D eigenvalue weighted by atomic mass is 16.3. The van der Waals surface area contributed by atoms with Crippen LogP contribution in [0.2, 0.25) is 0 Å². The second-order valence-electron chi connectivity index (χ2n) is 4.89. The molecule has 1 aliphatic rings. The molecule has 18 heavy (non-hydrogen) atoms. The van der Waals surface area contributed by atoms with E-state index in [1.807, 2.05) is 30.1 Å². The molecule has 0 bridgehead atoms. The average molecular weight is 243 g/mol. The monoisotopic (exact) mass is 243 g/mol. The van der Waals surface area contributed by atoms with Gasteiger partial charge in [0.2, 0.25) is 0 Å². The van der Waals surface area contributed by atoms with Crippen molar-refractivity contribution in [2.45, 2.75) is 31.3 Å². The Morgan fingerprint density at radius 3 is 3.06 bits per heavy atom. The maximum absolute atomic E-state index is 10.5. The van der Waals surface area contributed by atoms with Crippen molar-refractivity contribution in [1.82, 2.24) is 14.5 Å². The minimum Gasteiger partial charge on any atom is -0.384 e. The Morgan fingerprint density at radius 1 is 1.39 bits per heavy atom. The molecule has 2 atom stereocenters. The molecule has 0 saturated carbocycles. The zero-order chi connectivity index (χ0) is 12.5. The second kappa shape index (κ2) is 4.53. The SMILES string of the molecule is Cn1ccnc1C(O)C1CCCc2cccnc21. The fraction of sp³-hybridized carbons (Fsp3) is 0.429. The Bertz CT molecular complexity index is 549. The normalized spacial score (nSPS) is 20.4. The van der Waals surface area contributed by atoms with Gasteiger partial charge in [-0.05, 0) is 30.9 Å². The number of aromatic nitrogens is 3. The van der Waals surface area contributed by atoms with Gasteiger partial charge >= 0.3 is 0 Å². The molecule has 0 fully saturated rings. The zero-order valence-corrected chi connectivity index (χ0v) is 10.5. The number of rotatable bonds is 2. The minimum atomic E-state index is -0.570. The van der Waals surface area contributed by atoms with Crippen LogP contribution in [-0.4, -0.2) is 19.6 Å². The van der Waals surface area contributed by atoms with Crippen LogP contribution >= 0.6 is 0 Å². The van der Waals surface area contributed by atoms with Gasteiger partial charge in [0, 0.05) is 37.3 Å². The summed E-state index contributed by atoms with van der Waals surface area (Å²) in [5.41, 5.74) is 2.31. The van der Waals surface area contributed by atoms with Gasteiger partial charge in [-0.2, -0.15) is 0 Å². The summed E-state index contributed by atoms with van der Waals surface area (Å²) in [7, 11) is 1.91. The summed E-state index contributed by atoms with van der Waals surface area (Å²) in [6.45, 7) is 0. The van der Waals surface area contributed by atoms with E-state index < -0.39 is 6.10 Å². The van der Waals surface area contributed by atoms with Crippen LogP contribution in [0.25, 0.3) is 0 Å². The van der Waals surface area contributed by atoms with Crippen LogP contribution in [0.5, 0.6) is 0 Å². The van der Waals surface area contributed by atoms with E-state index >= 15 is 0 Å². The molecule has 0 radical (unpaired) electrons. The Hall–Kier alpha value is -1.68. The van der Waals surface area contributed by atoms with E-state index in [1.54, 1.807) is 6.20 Å². The lowest BCUT2D eigenvalue weighted by Gasteiger charge is -2.27. The molecule has 0 aliphatic heterocycles. The largest absolute Gasteiger partial charge is 0.384 e. The first-order chi connectivity index (χ1) is 8.77. The van der Waals surface area contributed by atoms with Gasteiger partial charge < -0.3 is 9.67 Å². The number of hydrogen-bond acceptors (Lipinski definition) is 3. The van der Waals surface area contributed by atoms with Crippen molar-refractivity contribution in [3.8, 4) is 0 Å². The summed E-state index contributed by atoms with van der Waals surface area (Å²) in [4.78, 5) is 8.71. The highest BCUT2D eigenvalue weighted by Gasteiger charge is 2.30. The Balaban J connectivity index is 1.97.